The predicted molar refractivity (Wildman–Crippen MR) is 130 cm³/mol. The van der Waals surface area contributed by atoms with Crippen LogP contribution in [0.1, 0.15) is 16.8 Å². The number of hydrogen-bond donors (Lipinski definition) is 2. The van der Waals surface area contributed by atoms with E-state index in [4.69, 9.17) is 23.2 Å². The number of carbonyl (C=O) groups is 1. The number of piperazine rings is 1. The molecule has 4 rings (SSSR count). The van der Waals surface area contributed by atoms with Crippen LogP contribution in [0.5, 0.6) is 0 Å². The molecule has 6 nitrogen and oxygen atoms in total. The lowest BCUT2D eigenvalue weighted by Crippen LogP contribution is -2.49. The van der Waals surface area contributed by atoms with E-state index in [9.17, 15) is 14.3 Å². The van der Waals surface area contributed by atoms with Gasteiger partial charge in [0.2, 0.25) is 0 Å². The molecule has 1 atom stereocenters. The highest BCUT2D eigenvalue weighted by Crippen LogP contribution is 2.32. The SMILES string of the molecule is O=C(NCCC(O)CN1CCN(c2cccc(Cl)c2Cl)CC1)c1cnc2ccc(F)cc2c1. The van der Waals surface area contributed by atoms with E-state index in [1.54, 1.807) is 18.2 Å². The lowest BCUT2D eigenvalue weighted by molar-refractivity contribution is 0.0902. The summed E-state index contributed by atoms with van der Waals surface area (Å²) in [4.78, 5) is 21.0. The van der Waals surface area contributed by atoms with E-state index in [2.05, 4.69) is 20.1 Å². The average molecular weight is 491 g/mol. The number of aliphatic hydroxyl groups excluding tert-OH is 1. The quantitative estimate of drug-likeness (QED) is 0.524. The highest BCUT2D eigenvalue weighted by atomic mass is 35.5. The lowest BCUT2D eigenvalue weighted by atomic mass is 10.1. The molecule has 174 valence electrons. The molecule has 33 heavy (non-hydrogen) atoms. The first kappa shape index (κ1) is 23.7. The molecular formula is C24H25Cl2FN4O2. The molecule has 0 spiro atoms. The van der Waals surface area contributed by atoms with E-state index < -0.39 is 6.10 Å². The molecule has 1 aliphatic rings. The van der Waals surface area contributed by atoms with Crippen molar-refractivity contribution in [3.8, 4) is 0 Å². The second-order valence-corrected chi connectivity index (χ2v) is 8.91. The lowest BCUT2D eigenvalue weighted by Gasteiger charge is -2.37. The summed E-state index contributed by atoms with van der Waals surface area (Å²) in [6.07, 6.45) is 1.34. The number of aromatic nitrogens is 1. The van der Waals surface area contributed by atoms with Crippen molar-refractivity contribution >= 4 is 45.7 Å². The van der Waals surface area contributed by atoms with E-state index >= 15 is 0 Å². The number of anilines is 1. The number of aliphatic hydroxyl groups is 1. The summed E-state index contributed by atoms with van der Waals surface area (Å²) in [7, 11) is 0. The smallest absolute Gasteiger partial charge is 0.252 e. The zero-order valence-corrected chi connectivity index (χ0v) is 19.5. The average Bonchev–Trinajstić information content (AvgIpc) is 2.81. The largest absolute Gasteiger partial charge is 0.392 e. The Bertz CT molecular complexity index is 1140. The van der Waals surface area contributed by atoms with Gasteiger partial charge in [-0.3, -0.25) is 14.7 Å². The number of nitrogens with one attached hydrogen (secondary N) is 1. The van der Waals surface area contributed by atoms with Crippen molar-refractivity contribution in [3.05, 3.63) is 70.1 Å². The standard InChI is InChI=1S/C24H25Cl2FN4O2/c25-20-2-1-3-22(23(20)26)31-10-8-30(9-11-31)15-19(32)6-7-28-24(33)17-12-16-13-18(27)4-5-21(16)29-14-17/h1-5,12-14,19,32H,6-11,15H2,(H,28,33). The predicted octanol–water partition coefficient (Wildman–Crippen LogP) is 3.98. The molecule has 1 aromatic heterocycles. The molecule has 1 aliphatic heterocycles. The molecular weight excluding hydrogens is 466 g/mol. The van der Waals surface area contributed by atoms with Crippen molar-refractivity contribution in [2.24, 2.45) is 0 Å². The first-order chi connectivity index (χ1) is 15.9. The van der Waals surface area contributed by atoms with Crippen LogP contribution < -0.4 is 10.2 Å². The van der Waals surface area contributed by atoms with Crippen LogP contribution in [0.4, 0.5) is 10.1 Å². The maximum atomic E-state index is 13.4. The molecule has 2 N–H and O–H groups in total. The van der Waals surface area contributed by atoms with Gasteiger partial charge < -0.3 is 15.3 Å². The molecule has 9 heteroatoms. The number of β-amino-alcohol motifs (C(OH)–C–C–N with tert-alkyl or cyclic N) is 1. The molecule has 0 aliphatic carbocycles. The summed E-state index contributed by atoms with van der Waals surface area (Å²) < 4.78 is 13.4. The van der Waals surface area contributed by atoms with Gasteiger partial charge in [0.1, 0.15) is 5.82 Å². The van der Waals surface area contributed by atoms with Crippen molar-refractivity contribution in [1.82, 2.24) is 15.2 Å². The van der Waals surface area contributed by atoms with Gasteiger partial charge in [-0.2, -0.15) is 0 Å². The topological polar surface area (TPSA) is 68.7 Å². The van der Waals surface area contributed by atoms with E-state index in [1.807, 2.05) is 12.1 Å². The van der Waals surface area contributed by atoms with Crippen molar-refractivity contribution < 1.29 is 14.3 Å². The number of fused-ring (bicyclic) bond motifs is 1. The summed E-state index contributed by atoms with van der Waals surface area (Å²) in [5, 5.41) is 14.9. The van der Waals surface area contributed by atoms with Gasteiger partial charge in [0, 0.05) is 50.9 Å². The Morgan fingerprint density at radius 1 is 1.15 bits per heavy atom. The third-order valence-electron chi connectivity index (χ3n) is 5.78. The van der Waals surface area contributed by atoms with Gasteiger partial charge in [-0.05, 0) is 42.8 Å². The van der Waals surface area contributed by atoms with Crippen LogP contribution in [0.15, 0.2) is 48.7 Å². The number of pyridine rings is 1. The van der Waals surface area contributed by atoms with E-state index in [0.717, 1.165) is 31.9 Å². The second-order valence-electron chi connectivity index (χ2n) is 8.12. The Hall–Kier alpha value is -2.45. The first-order valence-corrected chi connectivity index (χ1v) is 11.6. The summed E-state index contributed by atoms with van der Waals surface area (Å²) in [6, 6.07) is 11.5. The highest BCUT2D eigenvalue weighted by molar-refractivity contribution is 6.43. The molecule has 1 amide bonds. The fraction of sp³-hybridized carbons (Fsp3) is 0.333. The summed E-state index contributed by atoms with van der Waals surface area (Å²) >= 11 is 12.4. The maximum absolute atomic E-state index is 13.4. The fourth-order valence-electron chi connectivity index (χ4n) is 3.98. The van der Waals surface area contributed by atoms with Gasteiger partial charge in [0.15, 0.2) is 0 Å². The zero-order valence-electron chi connectivity index (χ0n) is 18.0. The number of halogens is 3. The Morgan fingerprint density at radius 3 is 2.73 bits per heavy atom. The van der Waals surface area contributed by atoms with Gasteiger partial charge >= 0.3 is 0 Å². The normalized spacial score (nSPS) is 15.6. The van der Waals surface area contributed by atoms with Crippen molar-refractivity contribution in [2.45, 2.75) is 12.5 Å². The Kier molecular flexibility index (Phi) is 7.65. The summed E-state index contributed by atoms with van der Waals surface area (Å²) in [6.45, 7) is 4.04. The molecule has 1 saturated heterocycles. The maximum Gasteiger partial charge on any atom is 0.252 e. The van der Waals surface area contributed by atoms with Crippen LogP contribution in [0.25, 0.3) is 10.9 Å². The fourth-order valence-corrected chi connectivity index (χ4v) is 4.39. The Labute approximate surface area is 201 Å². The first-order valence-electron chi connectivity index (χ1n) is 10.8. The molecule has 2 heterocycles. The van der Waals surface area contributed by atoms with Gasteiger partial charge in [-0.1, -0.05) is 29.3 Å². The highest BCUT2D eigenvalue weighted by Gasteiger charge is 2.21. The minimum Gasteiger partial charge on any atom is -0.392 e. The Morgan fingerprint density at radius 2 is 1.94 bits per heavy atom. The van der Waals surface area contributed by atoms with Crippen LogP contribution >= 0.6 is 23.2 Å². The van der Waals surface area contributed by atoms with Crippen molar-refractivity contribution in [1.29, 1.82) is 0 Å². The number of carbonyl (C=O) groups excluding carboxylic acids is 1. The van der Waals surface area contributed by atoms with E-state index in [1.165, 1.54) is 18.3 Å². The van der Waals surface area contributed by atoms with Crippen molar-refractivity contribution in [3.63, 3.8) is 0 Å². The minimum absolute atomic E-state index is 0.298. The number of rotatable bonds is 7. The monoisotopic (exact) mass is 490 g/mol. The van der Waals surface area contributed by atoms with Crippen LogP contribution in [-0.4, -0.2) is 66.3 Å². The van der Waals surface area contributed by atoms with Crippen LogP contribution in [0.2, 0.25) is 10.0 Å². The molecule has 0 bridgehead atoms. The third-order valence-corrected chi connectivity index (χ3v) is 6.59. The second kappa shape index (κ2) is 10.7. The van der Waals surface area contributed by atoms with Crippen molar-refractivity contribution in [2.75, 3.05) is 44.2 Å². The zero-order chi connectivity index (χ0) is 23.4. The molecule has 2 aromatic carbocycles. The number of amides is 1. The van der Waals surface area contributed by atoms with Crippen LogP contribution in [0.3, 0.4) is 0 Å². The molecule has 1 unspecified atom stereocenters. The van der Waals surface area contributed by atoms with Crippen LogP contribution in [0, 0.1) is 5.82 Å². The molecule has 3 aromatic rings. The molecule has 0 saturated carbocycles. The molecule has 1 fully saturated rings. The number of benzene rings is 2. The minimum atomic E-state index is -0.560. The summed E-state index contributed by atoms with van der Waals surface area (Å²) in [5.74, 6) is -0.672. The third kappa shape index (κ3) is 5.92. The number of nitrogens with zero attached hydrogens (tertiary/aromatic N) is 3. The van der Waals surface area contributed by atoms with E-state index in [-0.39, 0.29) is 11.7 Å². The van der Waals surface area contributed by atoms with Gasteiger partial charge in [-0.15, -0.1) is 0 Å². The molecule has 0 radical (unpaired) electrons. The van der Waals surface area contributed by atoms with Crippen LogP contribution in [-0.2, 0) is 0 Å². The van der Waals surface area contributed by atoms with Gasteiger partial charge in [-0.25, -0.2) is 4.39 Å². The Balaban J connectivity index is 1.21. The van der Waals surface area contributed by atoms with Gasteiger partial charge in [0.05, 0.1) is 32.9 Å². The van der Waals surface area contributed by atoms with E-state index in [0.29, 0.717) is 46.0 Å². The number of hydrogen-bond acceptors (Lipinski definition) is 5. The summed E-state index contributed by atoms with van der Waals surface area (Å²) in [5.41, 5.74) is 1.91. The van der Waals surface area contributed by atoms with Gasteiger partial charge in [0.25, 0.3) is 5.91 Å².